The molecule has 0 saturated heterocycles. The van der Waals surface area contributed by atoms with E-state index in [1.54, 1.807) is 36.2 Å². The van der Waals surface area contributed by atoms with Gasteiger partial charge < -0.3 is 16.0 Å². The van der Waals surface area contributed by atoms with Gasteiger partial charge >= 0.3 is 0 Å². The van der Waals surface area contributed by atoms with Gasteiger partial charge in [-0.05, 0) is 31.5 Å². The van der Waals surface area contributed by atoms with Gasteiger partial charge in [0, 0.05) is 37.3 Å². The van der Waals surface area contributed by atoms with Crippen LogP contribution < -0.4 is 11.1 Å². The maximum atomic E-state index is 12.3. The highest BCUT2D eigenvalue weighted by Crippen LogP contribution is 2.09. The molecule has 6 heteroatoms. The molecule has 0 aliphatic heterocycles. The highest BCUT2D eigenvalue weighted by Gasteiger charge is 2.15. The van der Waals surface area contributed by atoms with Gasteiger partial charge in [-0.1, -0.05) is 25.8 Å². The van der Waals surface area contributed by atoms with Crippen molar-refractivity contribution in [3.63, 3.8) is 0 Å². The number of rotatable bonds is 8. The van der Waals surface area contributed by atoms with Crippen LogP contribution in [0.1, 0.15) is 53.8 Å². The van der Waals surface area contributed by atoms with Gasteiger partial charge in [-0.2, -0.15) is 0 Å². The molecule has 1 aromatic carbocycles. The normalized spacial score (nSPS) is 11.3. The van der Waals surface area contributed by atoms with Crippen LogP contribution in [0, 0.1) is 0 Å². The van der Waals surface area contributed by atoms with Gasteiger partial charge in [0.15, 0.2) is 0 Å². The third-order valence-electron chi connectivity index (χ3n) is 3.72. The fraction of sp³-hybridized carbons (Fsp3) is 0.529. The zero-order chi connectivity index (χ0) is 16.5. The van der Waals surface area contributed by atoms with Crippen LogP contribution in [-0.2, 0) is 0 Å². The molecule has 1 aromatic rings. The molecule has 0 spiro atoms. The van der Waals surface area contributed by atoms with Crippen LogP contribution in [0.25, 0.3) is 0 Å². The molecule has 1 unspecified atom stereocenters. The van der Waals surface area contributed by atoms with Gasteiger partial charge in [0.25, 0.3) is 11.8 Å². The van der Waals surface area contributed by atoms with Crippen molar-refractivity contribution in [2.45, 2.75) is 39.2 Å². The molecule has 0 aliphatic carbocycles. The van der Waals surface area contributed by atoms with Gasteiger partial charge in [0.05, 0.1) is 0 Å². The summed E-state index contributed by atoms with van der Waals surface area (Å²) >= 11 is 0. The number of unbranched alkanes of at least 4 members (excludes halogenated alkanes) is 1. The molecule has 3 N–H and O–H groups in total. The molecule has 2 amide bonds. The number of carbonyl (C=O) groups excluding carboxylic acids is 2. The Morgan fingerprint density at radius 1 is 1.26 bits per heavy atom. The van der Waals surface area contributed by atoms with Crippen molar-refractivity contribution in [3.8, 4) is 0 Å². The van der Waals surface area contributed by atoms with Crippen molar-refractivity contribution in [1.82, 2.24) is 10.2 Å². The first-order valence-corrected chi connectivity index (χ1v) is 7.89. The molecule has 23 heavy (non-hydrogen) atoms. The Kier molecular flexibility index (Phi) is 10.3. The molecule has 0 radical (unpaired) electrons. The van der Waals surface area contributed by atoms with E-state index in [-0.39, 0.29) is 30.3 Å². The number of halogens is 1. The highest BCUT2D eigenvalue weighted by atomic mass is 35.5. The molecule has 0 aliphatic rings. The van der Waals surface area contributed by atoms with Crippen LogP contribution in [0.5, 0.6) is 0 Å². The Hall–Kier alpha value is -1.59. The minimum absolute atomic E-state index is 0. The van der Waals surface area contributed by atoms with Crippen molar-refractivity contribution in [2.24, 2.45) is 5.73 Å². The number of nitrogens with zero attached hydrogens (tertiary/aromatic N) is 1. The topological polar surface area (TPSA) is 75.4 Å². The lowest BCUT2D eigenvalue weighted by atomic mass is 10.1. The molecular formula is C17H28ClN3O2. The van der Waals surface area contributed by atoms with E-state index < -0.39 is 0 Å². The smallest absolute Gasteiger partial charge is 0.253 e. The van der Waals surface area contributed by atoms with Gasteiger partial charge in [0.1, 0.15) is 0 Å². The Bertz CT molecular complexity index is 508. The largest absolute Gasteiger partial charge is 0.348 e. The predicted octanol–water partition coefficient (Wildman–Crippen LogP) is 2.45. The van der Waals surface area contributed by atoms with Crippen LogP contribution in [-0.4, -0.2) is 42.9 Å². The number of hydrogen-bond donors (Lipinski definition) is 2. The second kappa shape index (κ2) is 11.0. The molecule has 130 valence electrons. The lowest BCUT2D eigenvalue weighted by Gasteiger charge is -2.17. The SMILES string of the molecule is CCCCC(CN)NC(=O)c1cccc(C(=O)N(C)CC)c1.Cl. The summed E-state index contributed by atoms with van der Waals surface area (Å²) in [5.41, 5.74) is 6.71. The van der Waals surface area contributed by atoms with E-state index in [1.165, 1.54) is 0 Å². The number of hydrogen-bond acceptors (Lipinski definition) is 3. The van der Waals surface area contributed by atoms with Crippen molar-refractivity contribution in [3.05, 3.63) is 35.4 Å². The number of carbonyl (C=O) groups is 2. The van der Waals surface area contributed by atoms with Crippen molar-refractivity contribution in [2.75, 3.05) is 20.1 Å². The lowest BCUT2D eigenvalue weighted by molar-refractivity contribution is 0.0802. The lowest BCUT2D eigenvalue weighted by Crippen LogP contribution is -2.40. The van der Waals surface area contributed by atoms with Crippen molar-refractivity contribution < 1.29 is 9.59 Å². The third kappa shape index (κ3) is 6.59. The van der Waals surface area contributed by atoms with Crippen LogP contribution in [0.15, 0.2) is 24.3 Å². The van der Waals surface area contributed by atoms with Crippen LogP contribution in [0.2, 0.25) is 0 Å². The van der Waals surface area contributed by atoms with Crippen molar-refractivity contribution >= 4 is 24.2 Å². The van der Waals surface area contributed by atoms with E-state index in [0.29, 0.717) is 24.2 Å². The first kappa shape index (κ1) is 21.4. The second-order valence-electron chi connectivity index (χ2n) is 5.45. The molecule has 0 fully saturated rings. The number of amides is 2. The van der Waals surface area contributed by atoms with Gasteiger partial charge in [-0.3, -0.25) is 9.59 Å². The monoisotopic (exact) mass is 341 g/mol. The summed E-state index contributed by atoms with van der Waals surface area (Å²) in [6, 6.07) is 6.78. The number of benzene rings is 1. The van der Waals surface area contributed by atoms with Crippen LogP contribution in [0.3, 0.4) is 0 Å². The van der Waals surface area contributed by atoms with Crippen LogP contribution >= 0.6 is 12.4 Å². The average molecular weight is 342 g/mol. The molecule has 5 nitrogen and oxygen atoms in total. The summed E-state index contributed by atoms with van der Waals surface area (Å²) in [5, 5.41) is 2.94. The Morgan fingerprint density at radius 3 is 2.48 bits per heavy atom. The van der Waals surface area contributed by atoms with E-state index >= 15 is 0 Å². The molecule has 0 bridgehead atoms. The minimum Gasteiger partial charge on any atom is -0.348 e. The fourth-order valence-corrected chi connectivity index (χ4v) is 2.13. The Balaban J connectivity index is 0.00000484. The zero-order valence-electron chi connectivity index (χ0n) is 14.2. The molecule has 0 aromatic heterocycles. The van der Waals surface area contributed by atoms with E-state index in [2.05, 4.69) is 12.2 Å². The van der Waals surface area contributed by atoms with Crippen LogP contribution in [0.4, 0.5) is 0 Å². The molecule has 1 rings (SSSR count). The van der Waals surface area contributed by atoms with Gasteiger partial charge in [-0.25, -0.2) is 0 Å². The number of nitrogens with one attached hydrogen (secondary N) is 1. The highest BCUT2D eigenvalue weighted by molar-refractivity contribution is 5.99. The van der Waals surface area contributed by atoms with E-state index in [4.69, 9.17) is 5.73 Å². The Labute approximate surface area is 145 Å². The summed E-state index contributed by atoms with van der Waals surface area (Å²) in [5.74, 6) is -0.265. The third-order valence-corrected chi connectivity index (χ3v) is 3.72. The summed E-state index contributed by atoms with van der Waals surface area (Å²) in [6.07, 6.45) is 2.97. The minimum atomic E-state index is -0.180. The molecule has 1 atom stereocenters. The molecule has 0 saturated carbocycles. The summed E-state index contributed by atoms with van der Waals surface area (Å²) in [7, 11) is 1.74. The molecular weight excluding hydrogens is 314 g/mol. The fourth-order valence-electron chi connectivity index (χ4n) is 2.13. The van der Waals surface area contributed by atoms with Gasteiger partial charge in [-0.15, -0.1) is 12.4 Å². The maximum Gasteiger partial charge on any atom is 0.253 e. The Morgan fingerprint density at radius 2 is 1.91 bits per heavy atom. The number of nitrogens with two attached hydrogens (primary N) is 1. The van der Waals surface area contributed by atoms with E-state index in [1.807, 2.05) is 6.92 Å². The quantitative estimate of drug-likeness (QED) is 0.762. The zero-order valence-corrected chi connectivity index (χ0v) is 15.0. The van der Waals surface area contributed by atoms with E-state index in [9.17, 15) is 9.59 Å². The first-order chi connectivity index (χ1) is 10.5. The second-order valence-corrected chi connectivity index (χ2v) is 5.45. The van der Waals surface area contributed by atoms with Crippen molar-refractivity contribution in [1.29, 1.82) is 0 Å². The maximum absolute atomic E-state index is 12.3. The standard InChI is InChI=1S/C17H27N3O2.ClH/c1-4-6-10-15(12-18)19-16(21)13-8-7-9-14(11-13)17(22)20(3)5-2;/h7-9,11,15H,4-6,10,12,18H2,1-3H3,(H,19,21);1H. The van der Waals surface area contributed by atoms with Gasteiger partial charge in [0.2, 0.25) is 0 Å². The summed E-state index contributed by atoms with van der Waals surface area (Å²) in [6.45, 7) is 5.06. The molecule has 0 heterocycles. The predicted molar refractivity (Wildman–Crippen MR) is 96.2 cm³/mol. The summed E-state index contributed by atoms with van der Waals surface area (Å²) < 4.78 is 0. The first-order valence-electron chi connectivity index (χ1n) is 7.89. The van der Waals surface area contributed by atoms with E-state index in [0.717, 1.165) is 19.3 Å². The summed E-state index contributed by atoms with van der Waals surface area (Å²) in [4.78, 5) is 26.1. The average Bonchev–Trinajstić information content (AvgIpc) is 2.56.